The number of aromatic amines is 1. The van der Waals surface area contributed by atoms with Gasteiger partial charge < -0.3 is 28.6 Å². The van der Waals surface area contributed by atoms with E-state index in [4.69, 9.17) is 18.5 Å². The van der Waals surface area contributed by atoms with Crippen molar-refractivity contribution in [3.63, 3.8) is 0 Å². The Labute approximate surface area is 207 Å². The van der Waals surface area contributed by atoms with Crippen LogP contribution in [0.3, 0.4) is 0 Å². The first-order chi connectivity index (χ1) is 15.6. The van der Waals surface area contributed by atoms with E-state index in [1.165, 1.54) is 0 Å². The maximum absolute atomic E-state index is 10.8. The number of ether oxygens (including phenoxy) is 1. The molecule has 3 rings (SSSR count). The van der Waals surface area contributed by atoms with Crippen molar-refractivity contribution >= 4 is 31.8 Å². The molecule has 6 nitrogen and oxygen atoms in total. The standard InChI is InChI=1S/C26H44BNO5Si/c1-11-30-23(29)22-19(15-13-17-31-34(9,10)24(2,3)4)18-14-12-16-20(21(18)28-22)27-32-25(5,6)26(7,8)33-27/h12,14,16,23,28-29H,11,13,15,17H2,1-10H3. The molecule has 2 N–H and O–H groups in total. The molecule has 0 aliphatic carbocycles. The second-order valence-corrected chi connectivity index (χ2v) is 16.7. The molecule has 1 aliphatic rings. The van der Waals surface area contributed by atoms with Crippen LogP contribution in [0.5, 0.6) is 0 Å². The molecule has 2 heterocycles. The number of aliphatic hydroxyl groups is 1. The Hall–Kier alpha value is -1.16. The number of nitrogens with one attached hydrogen (secondary N) is 1. The largest absolute Gasteiger partial charge is 0.497 e. The van der Waals surface area contributed by atoms with Crippen LogP contribution in [0, 0.1) is 0 Å². The summed E-state index contributed by atoms with van der Waals surface area (Å²) in [5.41, 5.74) is 2.77. The van der Waals surface area contributed by atoms with Crippen molar-refractivity contribution in [2.24, 2.45) is 0 Å². The maximum Gasteiger partial charge on any atom is 0.497 e. The molecule has 1 unspecified atom stereocenters. The van der Waals surface area contributed by atoms with E-state index in [1.807, 2.05) is 19.1 Å². The lowest BCUT2D eigenvalue weighted by atomic mass is 9.77. The maximum atomic E-state index is 10.8. The monoisotopic (exact) mass is 489 g/mol. The van der Waals surface area contributed by atoms with E-state index in [0.717, 1.165) is 34.8 Å². The number of aryl methyl sites for hydroxylation is 1. The van der Waals surface area contributed by atoms with E-state index < -0.39 is 32.9 Å². The number of H-pyrrole nitrogens is 1. The third kappa shape index (κ3) is 5.32. The summed E-state index contributed by atoms with van der Waals surface area (Å²) < 4.78 is 24.6. The molecule has 34 heavy (non-hydrogen) atoms. The normalized spacial score (nSPS) is 19.2. The topological polar surface area (TPSA) is 72.9 Å². The van der Waals surface area contributed by atoms with Gasteiger partial charge in [0.1, 0.15) is 0 Å². The predicted octanol–water partition coefficient (Wildman–Crippen LogP) is 5.45. The van der Waals surface area contributed by atoms with Crippen LogP contribution in [0.1, 0.15) is 79.4 Å². The highest BCUT2D eigenvalue weighted by atomic mass is 28.4. The number of aromatic nitrogens is 1. The zero-order valence-electron chi connectivity index (χ0n) is 22.8. The molecule has 2 aromatic rings. The van der Waals surface area contributed by atoms with Gasteiger partial charge in [0.15, 0.2) is 14.6 Å². The average molecular weight is 490 g/mol. The van der Waals surface area contributed by atoms with Gasteiger partial charge in [-0.05, 0) is 71.2 Å². The fourth-order valence-electron chi connectivity index (χ4n) is 4.00. The highest BCUT2D eigenvalue weighted by Crippen LogP contribution is 2.38. The van der Waals surface area contributed by atoms with Gasteiger partial charge in [0.2, 0.25) is 0 Å². The zero-order valence-corrected chi connectivity index (χ0v) is 23.8. The molecular formula is C26H44BNO5Si. The summed E-state index contributed by atoms with van der Waals surface area (Å²) in [6.45, 7) is 22.6. The number of hydrogen-bond donors (Lipinski definition) is 2. The van der Waals surface area contributed by atoms with Crippen molar-refractivity contribution in [3.8, 4) is 0 Å². The van der Waals surface area contributed by atoms with Gasteiger partial charge in [-0.15, -0.1) is 0 Å². The SMILES string of the molecule is CCOC(O)c1[nH]c2c(B3OC(C)(C)C(C)(C)O3)cccc2c1CCCO[Si](C)(C)C(C)(C)C. The minimum atomic E-state index is -1.80. The molecule has 0 radical (unpaired) electrons. The van der Waals surface area contributed by atoms with Gasteiger partial charge in [-0.25, -0.2) is 0 Å². The molecule has 0 spiro atoms. The summed E-state index contributed by atoms with van der Waals surface area (Å²) in [5, 5.41) is 12.0. The zero-order chi connectivity index (χ0) is 25.5. The first-order valence-corrected chi connectivity index (χ1v) is 15.4. The third-order valence-corrected chi connectivity index (χ3v) is 12.5. The van der Waals surface area contributed by atoms with Crippen molar-refractivity contribution in [2.45, 2.75) is 104 Å². The summed E-state index contributed by atoms with van der Waals surface area (Å²) in [6, 6.07) is 6.15. The molecule has 8 heteroatoms. The second-order valence-electron chi connectivity index (χ2n) is 11.9. The molecule has 1 aromatic heterocycles. The molecule has 0 amide bonds. The Morgan fingerprint density at radius 3 is 2.29 bits per heavy atom. The predicted molar refractivity (Wildman–Crippen MR) is 142 cm³/mol. The van der Waals surface area contributed by atoms with Crippen LogP contribution in [0.2, 0.25) is 18.1 Å². The quantitative estimate of drug-likeness (QED) is 0.279. The average Bonchev–Trinajstić information content (AvgIpc) is 3.18. The van der Waals surface area contributed by atoms with Crippen LogP contribution < -0.4 is 5.46 Å². The van der Waals surface area contributed by atoms with Gasteiger partial charge in [0.05, 0.1) is 16.9 Å². The Bertz CT molecular complexity index is 979. The van der Waals surface area contributed by atoms with E-state index in [-0.39, 0.29) is 5.04 Å². The van der Waals surface area contributed by atoms with Gasteiger partial charge >= 0.3 is 7.12 Å². The Morgan fingerprint density at radius 2 is 1.74 bits per heavy atom. The summed E-state index contributed by atoms with van der Waals surface area (Å²) in [4.78, 5) is 3.46. The molecule has 0 saturated carbocycles. The van der Waals surface area contributed by atoms with Crippen molar-refractivity contribution in [3.05, 3.63) is 29.5 Å². The number of benzene rings is 1. The Kier molecular flexibility index (Phi) is 7.84. The summed E-state index contributed by atoms with van der Waals surface area (Å²) >= 11 is 0. The third-order valence-electron chi connectivity index (χ3n) is 7.93. The molecule has 1 atom stereocenters. The summed E-state index contributed by atoms with van der Waals surface area (Å²) in [5.74, 6) is 0. The van der Waals surface area contributed by atoms with Crippen molar-refractivity contribution < 1.29 is 23.6 Å². The molecule has 190 valence electrons. The number of para-hydroxylation sites is 1. The van der Waals surface area contributed by atoms with Crippen LogP contribution in [-0.2, 0) is 24.9 Å². The highest BCUT2D eigenvalue weighted by Gasteiger charge is 2.52. The Balaban J connectivity index is 1.91. The fraction of sp³-hybridized carbons (Fsp3) is 0.692. The fourth-order valence-corrected chi connectivity index (χ4v) is 5.08. The molecular weight excluding hydrogens is 445 g/mol. The van der Waals surface area contributed by atoms with E-state index >= 15 is 0 Å². The number of fused-ring (bicyclic) bond motifs is 1. The van der Waals surface area contributed by atoms with Crippen molar-refractivity contribution in [2.75, 3.05) is 13.2 Å². The van der Waals surface area contributed by atoms with Crippen molar-refractivity contribution in [1.29, 1.82) is 0 Å². The lowest BCUT2D eigenvalue weighted by Gasteiger charge is -2.36. The summed E-state index contributed by atoms with van der Waals surface area (Å²) in [6.07, 6.45) is 0.632. The minimum absolute atomic E-state index is 0.182. The summed E-state index contributed by atoms with van der Waals surface area (Å²) in [7, 11) is -2.28. The molecule has 1 aromatic carbocycles. The highest BCUT2D eigenvalue weighted by molar-refractivity contribution is 6.74. The van der Waals surface area contributed by atoms with Gasteiger partial charge in [-0.3, -0.25) is 0 Å². The van der Waals surface area contributed by atoms with Gasteiger partial charge in [0.25, 0.3) is 0 Å². The van der Waals surface area contributed by atoms with E-state index in [0.29, 0.717) is 18.9 Å². The van der Waals surface area contributed by atoms with E-state index in [9.17, 15) is 5.11 Å². The van der Waals surface area contributed by atoms with E-state index in [2.05, 4.69) is 72.6 Å². The first-order valence-electron chi connectivity index (χ1n) is 12.5. The molecule has 1 saturated heterocycles. The molecule has 1 fully saturated rings. The second kappa shape index (κ2) is 9.71. The van der Waals surface area contributed by atoms with Crippen LogP contribution in [-0.4, -0.2) is 49.9 Å². The smallest absolute Gasteiger partial charge is 0.417 e. The first kappa shape index (κ1) is 27.4. The Morgan fingerprint density at radius 1 is 1.12 bits per heavy atom. The lowest BCUT2D eigenvalue weighted by Crippen LogP contribution is -2.41. The van der Waals surface area contributed by atoms with Crippen molar-refractivity contribution in [1.82, 2.24) is 4.98 Å². The number of aliphatic hydroxyl groups excluding tert-OH is 1. The number of rotatable bonds is 9. The van der Waals surface area contributed by atoms with Gasteiger partial charge in [-0.2, -0.15) is 0 Å². The lowest BCUT2D eigenvalue weighted by molar-refractivity contribution is -0.101. The van der Waals surface area contributed by atoms with E-state index in [1.54, 1.807) is 0 Å². The van der Waals surface area contributed by atoms with Gasteiger partial charge in [-0.1, -0.05) is 39.0 Å². The van der Waals surface area contributed by atoms with Crippen LogP contribution in [0.4, 0.5) is 0 Å². The van der Waals surface area contributed by atoms with Crippen LogP contribution in [0.15, 0.2) is 18.2 Å². The van der Waals surface area contributed by atoms with Crippen LogP contribution >= 0.6 is 0 Å². The van der Waals surface area contributed by atoms with Crippen LogP contribution in [0.25, 0.3) is 10.9 Å². The van der Waals surface area contributed by atoms with Gasteiger partial charge in [0, 0.05) is 29.6 Å². The molecule has 1 aliphatic heterocycles. The number of hydrogen-bond acceptors (Lipinski definition) is 5. The molecule has 0 bridgehead atoms. The minimum Gasteiger partial charge on any atom is -0.417 e.